The van der Waals surface area contributed by atoms with E-state index in [1.807, 2.05) is 6.92 Å². The topological polar surface area (TPSA) is 37.3 Å². The van der Waals surface area contributed by atoms with Gasteiger partial charge in [-0.2, -0.15) is 0 Å². The van der Waals surface area contributed by atoms with Gasteiger partial charge in [0.2, 0.25) is 0 Å². The van der Waals surface area contributed by atoms with Crippen molar-refractivity contribution in [2.24, 2.45) is 40.4 Å². The summed E-state index contributed by atoms with van der Waals surface area (Å²) in [7, 11) is 0. The van der Waals surface area contributed by atoms with E-state index in [9.17, 15) is 9.90 Å². The van der Waals surface area contributed by atoms with Gasteiger partial charge in [0.25, 0.3) is 0 Å². The quantitative estimate of drug-likeness (QED) is 0.618. The number of fused-ring (bicyclic) bond motifs is 9. The monoisotopic (exact) mass is 274 g/mol. The van der Waals surface area contributed by atoms with Crippen LogP contribution in [0.4, 0.5) is 0 Å². The molecule has 4 bridgehead atoms. The van der Waals surface area contributed by atoms with Crippen LogP contribution in [0.3, 0.4) is 0 Å². The Labute approximate surface area is 121 Å². The van der Waals surface area contributed by atoms with Crippen LogP contribution in [0.15, 0.2) is 12.2 Å². The zero-order valence-corrected chi connectivity index (χ0v) is 12.6. The molecule has 0 aliphatic heterocycles. The van der Waals surface area contributed by atoms with Gasteiger partial charge in [-0.15, -0.1) is 0 Å². The second kappa shape index (κ2) is 3.90. The Kier molecular flexibility index (Phi) is 2.52. The molecule has 0 saturated heterocycles. The molecule has 7 unspecified atom stereocenters. The molecule has 4 aliphatic carbocycles. The predicted molar refractivity (Wildman–Crippen MR) is 78.1 cm³/mol. The molecule has 2 heteroatoms. The van der Waals surface area contributed by atoms with Crippen LogP contribution in [-0.2, 0) is 4.79 Å². The Bertz CT molecular complexity index is 482. The molecular formula is C18H26O2. The van der Waals surface area contributed by atoms with Gasteiger partial charge in [-0.25, -0.2) is 0 Å². The minimum atomic E-state index is -0.541. The summed E-state index contributed by atoms with van der Waals surface area (Å²) >= 11 is 0. The molecule has 0 spiro atoms. The van der Waals surface area contributed by atoms with Crippen molar-refractivity contribution in [3.05, 3.63) is 12.2 Å². The minimum absolute atomic E-state index is 0.432. The van der Waals surface area contributed by atoms with Crippen LogP contribution < -0.4 is 0 Å². The maximum atomic E-state index is 11.8. The molecule has 2 nitrogen and oxygen atoms in total. The van der Waals surface area contributed by atoms with E-state index in [0.29, 0.717) is 29.1 Å². The number of carboxylic acid groups (broad SMARTS) is 1. The molecule has 0 aromatic carbocycles. The van der Waals surface area contributed by atoms with Gasteiger partial charge >= 0.3 is 5.97 Å². The molecule has 110 valence electrons. The molecule has 4 rings (SSSR count). The fraction of sp³-hybridized carbons (Fsp3) is 0.833. The van der Waals surface area contributed by atoms with E-state index < -0.39 is 11.4 Å². The van der Waals surface area contributed by atoms with Gasteiger partial charge < -0.3 is 5.11 Å². The first kappa shape index (κ1) is 12.9. The van der Waals surface area contributed by atoms with Gasteiger partial charge in [-0.3, -0.25) is 4.79 Å². The lowest BCUT2D eigenvalue weighted by molar-refractivity contribution is -0.156. The van der Waals surface area contributed by atoms with Gasteiger partial charge in [0, 0.05) is 0 Å². The fourth-order valence-corrected chi connectivity index (χ4v) is 6.84. The third kappa shape index (κ3) is 1.25. The fourth-order valence-electron chi connectivity index (χ4n) is 6.84. The number of allylic oxidation sites excluding steroid dienone is 2. The number of carbonyl (C=O) groups is 1. The Morgan fingerprint density at radius 2 is 2.15 bits per heavy atom. The lowest BCUT2D eigenvalue weighted by atomic mass is 9.53. The first-order valence-corrected chi connectivity index (χ1v) is 8.45. The molecule has 0 aromatic rings. The molecule has 0 amide bonds. The van der Waals surface area contributed by atoms with Crippen LogP contribution in [0, 0.1) is 40.4 Å². The van der Waals surface area contributed by atoms with Crippen LogP contribution >= 0.6 is 0 Å². The van der Waals surface area contributed by atoms with Crippen LogP contribution in [-0.4, -0.2) is 11.1 Å². The largest absolute Gasteiger partial charge is 0.481 e. The molecule has 0 aromatic heterocycles. The highest BCUT2D eigenvalue weighted by atomic mass is 16.4. The third-order valence-electron chi connectivity index (χ3n) is 7.56. The second-order valence-electron chi connectivity index (χ2n) is 8.10. The number of hydrogen-bond acceptors (Lipinski definition) is 1. The van der Waals surface area contributed by atoms with Crippen LogP contribution in [0.5, 0.6) is 0 Å². The maximum Gasteiger partial charge on any atom is 0.309 e. The zero-order valence-electron chi connectivity index (χ0n) is 12.6. The van der Waals surface area contributed by atoms with Crippen LogP contribution in [0.2, 0.25) is 0 Å². The van der Waals surface area contributed by atoms with E-state index >= 15 is 0 Å². The minimum Gasteiger partial charge on any atom is -0.481 e. The van der Waals surface area contributed by atoms with E-state index in [1.54, 1.807) is 0 Å². The molecule has 7 atom stereocenters. The average Bonchev–Trinajstić information content (AvgIpc) is 3.12. The molecule has 3 fully saturated rings. The van der Waals surface area contributed by atoms with Crippen molar-refractivity contribution in [3.63, 3.8) is 0 Å². The predicted octanol–water partition coefficient (Wildman–Crippen LogP) is 4.12. The van der Waals surface area contributed by atoms with Crippen molar-refractivity contribution in [3.8, 4) is 0 Å². The number of rotatable bonds is 4. The highest BCUT2D eigenvalue weighted by Gasteiger charge is 2.73. The van der Waals surface area contributed by atoms with Gasteiger partial charge in [-0.05, 0) is 67.6 Å². The number of hydrogen-bond donors (Lipinski definition) is 1. The number of unbranched alkanes of at least 4 members (excludes halogenated alkanes) is 1. The van der Waals surface area contributed by atoms with Crippen LogP contribution in [0.1, 0.15) is 52.4 Å². The molecule has 0 radical (unpaired) electrons. The van der Waals surface area contributed by atoms with E-state index in [1.165, 1.54) is 32.1 Å². The third-order valence-corrected chi connectivity index (χ3v) is 7.56. The smallest absolute Gasteiger partial charge is 0.309 e. The second-order valence-corrected chi connectivity index (χ2v) is 8.10. The standard InChI is InChI=1S/C18H26O2/c1-3-4-7-18-12-6-5-11(8-12)15(18)14-9-13(18)10-17(14,2)16(19)20/h5-6,11-15H,3-4,7-10H2,1-2H3,(H,19,20). The van der Waals surface area contributed by atoms with Crippen molar-refractivity contribution in [2.75, 3.05) is 0 Å². The normalized spacial score (nSPS) is 54.6. The van der Waals surface area contributed by atoms with Crippen molar-refractivity contribution in [1.29, 1.82) is 0 Å². The Balaban J connectivity index is 1.74. The Morgan fingerprint density at radius 1 is 1.35 bits per heavy atom. The van der Waals surface area contributed by atoms with E-state index in [0.717, 1.165) is 12.3 Å². The summed E-state index contributed by atoms with van der Waals surface area (Å²) in [6.45, 7) is 4.31. The molecule has 1 N–H and O–H groups in total. The van der Waals surface area contributed by atoms with Crippen molar-refractivity contribution >= 4 is 5.97 Å². The van der Waals surface area contributed by atoms with E-state index in [-0.39, 0.29) is 0 Å². The summed E-state index contributed by atoms with van der Waals surface area (Å²) in [4.78, 5) is 11.8. The SMILES string of the molecule is CCCCC12C3C=CC(C3)C1C1CC2CC1(C)C(=O)O. The van der Waals surface area contributed by atoms with Gasteiger partial charge in [-0.1, -0.05) is 31.9 Å². The molecule has 4 aliphatic rings. The average molecular weight is 274 g/mol. The summed E-state index contributed by atoms with van der Waals surface area (Å²) in [6.07, 6.45) is 12.3. The first-order chi connectivity index (χ1) is 9.54. The lowest BCUT2D eigenvalue weighted by Gasteiger charge is -2.50. The number of aliphatic carboxylic acids is 1. The van der Waals surface area contributed by atoms with Gasteiger partial charge in [0.05, 0.1) is 5.41 Å². The summed E-state index contributed by atoms with van der Waals surface area (Å²) in [5, 5.41) is 9.73. The molecule has 20 heavy (non-hydrogen) atoms. The summed E-state index contributed by atoms with van der Waals surface area (Å²) in [5.41, 5.74) is 0.0401. The maximum absolute atomic E-state index is 11.8. The molecule has 0 heterocycles. The molecule has 3 saturated carbocycles. The van der Waals surface area contributed by atoms with Crippen molar-refractivity contribution in [2.45, 2.75) is 52.4 Å². The Hall–Kier alpha value is -0.790. The summed E-state index contributed by atoms with van der Waals surface area (Å²) in [5.74, 6) is 2.68. The first-order valence-electron chi connectivity index (χ1n) is 8.45. The van der Waals surface area contributed by atoms with Crippen LogP contribution in [0.25, 0.3) is 0 Å². The number of carboxylic acids is 1. The van der Waals surface area contributed by atoms with E-state index in [4.69, 9.17) is 0 Å². The summed E-state index contributed by atoms with van der Waals surface area (Å²) < 4.78 is 0. The lowest BCUT2D eigenvalue weighted by Crippen LogP contribution is -2.48. The summed E-state index contributed by atoms with van der Waals surface area (Å²) in [6, 6.07) is 0. The molecular weight excluding hydrogens is 248 g/mol. The van der Waals surface area contributed by atoms with E-state index in [2.05, 4.69) is 19.1 Å². The van der Waals surface area contributed by atoms with Gasteiger partial charge in [0.15, 0.2) is 0 Å². The highest BCUT2D eigenvalue weighted by Crippen LogP contribution is 2.77. The zero-order chi connectivity index (χ0) is 14.1. The van der Waals surface area contributed by atoms with Gasteiger partial charge in [0.1, 0.15) is 0 Å². The Morgan fingerprint density at radius 3 is 2.85 bits per heavy atom. The van der Waals surface area contributed by atoms with Crippen molar-refractivity contribution in [1.82, 2.24) is 0 Å². The van der Waals surface area contributed by atoms with Crippen molar-refractivity contribution < 1.29 is 9.90 Å². The highest BCUT2D eigenvalue weighted by molar-refractivity contribution is 5.75.